The Morgan fingerprint density at radius 2 is 1.00 bits per heavy atom. The van der Waals surface area contributed by atoms with Gasteiger partial charge in [-0.05, 0) is 25.7 Å². The quantitative estimate of drug-likeness (QED) is 0.451. The fourth-order valence-electron chi connectivity index (χ4n) is 1.41. The van der Waals surface area contributed by atoms with E-state index in [-0.39, 0.29) is 0 Å². The zero-order chi connectivity index (χ0) is 7.40. The molecule has 1 rings (SSSR count). The normalized spacial score (nSPS) is 36.6. The molecule has 1 aliphatic rings. The minimum absolute atomic E-state index is 0.974. The Hall–Kier alpha value is 1.46. The number of hydrogen-bond acceptors (Lipinski definition) is 0. The lowest BCUT2D eigenvalue weighted by Crippen LogP contribution is -2.07. The molecule has 0 heterocycles. The van der Waals surface area contributed by atoms with E-state index in [9.17, 15) is 0 Å². The zero-order valence-corrected chi connectivity index (χ0v) is 10.5. The summed E-state index contributed by atoms with van der Waals surface area (Å²) in [6.07, 6.45) is 8.75. The highest BCUT2D eigenvalue weighted by Gasteiger charge is 2.11. The van der Waals surface area contributed by atoms with Gasteiger partial charge in [0, 0.05) is 7.85 Å². The minimum Gasteiger partial charge on any atom is -0.0826 e. The van der Waals surface area contributed by atoms with Gasteiger partial charge in [0.25, 0.3) is 0 Å². The van der Waals surface area contributed by atoms with Crippen LogP contribution >= 0.6 is 45.2 Å². The van der Waals surface area contributed by atoms with Crippen LogP contribution in [0, 0.1) is 0 Å². The summed E-state index contributed by atoms with van der Waals surface area (Å²) >= 11 is 5.21. The Morgan fingerprint density at radius 3 is 1.30 bits per heavy atom. The molecule has 0 aromatic carbocycles. The van der Waals surface area contributed by atoms with Crippen molar-refractivity contribution in [1.82, 2.24) is 0 Å². The molecule has 60 valence electrons. The van der Waals surface area contributed by atoms with Crippen LogP contribution in [0.5, 0.6) is 0 Å². The van der Waals surface area contributed by atoms with Crippen LogP contribution in [0.4, 0.5) is 0 Å². The van der Waals surface area contributed by atoms with E-state index in [1.54, 1.807) is 0 Å². The first-order valence-electron chi connectivity index (χ1n) is 4.07. The fraction of sp³-hybridized carbons (Fsp3) is 1.00. The molecule has 0 amide bonds. The third-order valence-electron chi connectivity index (χ3n) is 2.07. The molecule has 0 bridgehead atoms. The predicted molar refractivity (Wildman–Crippen MR) is 63.3 cm³/mol. The predicted octanol–water partition coefficient (Wildman–Crippen LogP) is 3.95. The zero-order valence-electron chi connectivity index (χ0n) is 6.15. The minimum atomic E-state index is 0.974. The van der Waals surface area contributed by atoms with Crippen molar-refractivity contribution in [3.8, 4) is 0 Å². The van der Waals surface area contributed by atoms with Crippen LogP contribution in [0.2, 0.25) is 0 Å². The molecule has 2 heteroatoms. The van der Waals surface area contributed by atoms with Crippen LogP contribution in [0.25, 0.3) is 0 Å². The molecule has 1 aliphatic carbocycles. The van der Waals surface area contributed by atoms with Gasteiger partial charge in [-0.1, -0.05) is 58.0 Å². The number of rotatable bonds is 0. The van der Waals surface area contributed by atoms with Gasteiger partial charge in [0.05, 0.1) is 0 Å². The van der Waals surface area contributed by atoms with Gasteiger partial charge in [-0.25, -0.2) is 0 Å². The molecule has 0 aliphatic heterocycles. The third kappa shape index (κ3) is 3.74. The molecule has 1 saturated carbocycles. The van der Waals surface area contributed by atoms with Crippen LogP contribution in [-0.2, 0) is 0 Å². The molecule has 0 unspecified atom stereocenters. The van der Waals surface area contributed by atoms with Crippen LogP contribution in [0.15, 0.2) is 0 Å². The lowest BCUT2D eigenvalue weighted by molar-refractivity contribution is 0.541. The monoisotopic (exact) mass is 364 g/mol. The van der Waals surface area contributed by atoms with Gasteiger partial charge >= 0.3 is 0 Å². The lowest BCUT2D eigenvalue weighted by atomic mass is 10.0. The smallest absolute Gasteiger partial charge is 0.0110 e. The highest BCUT2D eigenvalue weighted by molar-refractivity contribution is 14.1. The molecule has 10 heavy (non-hydrogen) atoms. The summed E-state index contributed by atoms with van der Waals surface area (Å²) < 4.78 is 1.95. The van der Waals surface area contributed by atoms with Crippen molar-refractivity contribution in [3.05, 3.63) is 0 Å². The van der Waals surface area contributed by atoms with E-state index in [2.05, 4.69) is 45.2 Å². The number of hydrogen-bond donors (Lipinski definition) is 0. The Bertz CT molecular complexity index is 73.3. The van der Waals surface area contributed by atoms with E-state index < -0.39 is 0 Å². The van der Waals surface area contributed by atoms with Gasteiger partial charge in [0.15, 0.2) is 0 Å². The highest BCUT2D eigenvalue weighted by atomic mass is 127. The summed E-state index contributed by atoms with van der Waals surface area (Å²) in [5.74, 6) is 0. The standard InChI is InChI=1S/C8H14I2/c9-7-3-1-4-8(10)6-2-5-7/h7-8H,1-6H2. The average Bonchev–Trinajstić information content (AvgIpc) is 1.84. The van der Waals surface area contributed by atoms with Gasteiger partial charge in [0.1, 0.15) is 0 Å². The van der Waals surface area contributed by atoms with Crippen molar-refractivity contribution in [1.29, 1.82) is 0 Å². The highest BCUT2D eigenvalue weighted by Crippen LogP contribution is 2.26. The molecule has 1 fully saturated rings. The van der Waals surface area contributed by atoms with Gasteiger partial charge < -0.3 is 0 Å². The Morgan fingerprint density at radius 1 is 0.700 bits per heavy atom. The molecular weight excluding hydrogens is 350 g/mol. The molecule has 0 saturated heterocycles. The molecule has 0 aromatic rings. The van der Waals surface area contributed by atoms with Crippen molar-refractivity contribution in [2.24, 2.45) is 0 Å². The van der Waals surface area contributed by atoms with Gasteiger partial charge in [-0.2, -0.15) is 0 Å². The molecule has 0 N–H and O–H groups in total. The van der Waals surface area contributed by atoms with Crippen LogP contribution in [0.3, 0.4) is 0 Å². The Kier molecular flexibility index (Phi) is 4.93. The van der Waals surface area contributed by atoms with E-state index >= 15 is 0 Å². The SMILES string of the molecule is IC1CCCC(I)CCC1. The maximum Gasteiger partial charge on any atom is 0.0110 e. The lowest BCUT2D eigenvalue weighted by Gasteiger charge is -2.16. The van der Waals surface area contributed by atoms with Crippen LogP contribution in [0.1, 0.15) is 38.5 Å². The second-order valence-corrected chi connectivity index (χ2v) is 6.58. The number of alkyl halides is 2. The van der Waals surface area contributed by atoms with Gasteiger partial charge in [-0.15, -0.1) is 0 Å². The van der Waals surface area contributed by atoms with Crippen molar-refractivity contribution < 1.29 is 0 Å². The fourth-order valence-corrected chi connectivity index (χ4v) is 3.17. The molecule has 0 spiro atoms. The largest absolute Gasteiger partial charge is 0.0826 e. The second-order valence-electron chi connectivity index (χ2n) is 3.06. The molecule has 0 nitrogen and oxygen atoms in total. The summed E-state index contributed by atoms with van der Waals surface area (Å²) in [5.41, 5.74) is 0. The third-order valence-corrected chi connectivity index (χ3v) is 4.56. The van der Waals surface area contributed by atoms with Crippen molar-refractivity contribution in [3.63, 3.8) is 0 Å². The first kappa shape index (κ1) is 9.55. The Balaban J connectivity index is 2.21. The molecule has 0 atom stereocenters. The first-order chi connectivity index (χ1) is 4.79. The van der Waals surface area contributed by atoms with E-state index in [0.717, 1.165) is 7.85 Å². The summed E-state index contributed by atoms with van der Waals surface area (Å²) in [6.45, 7) is 0. The van der Waals surface area contributed by atoms with Gasteiger partial charge in [-0.3, -0.25) is 0 Å². The summed E-state index contributed by atoms with van der Waals surface area (Å²) in [5, 5.41) is 0. The van der Waals surface area contributed by atoms with Crippen molar-refractivity contribution in [2.75, 3.05) is 0 Å². The average molecular weight is 364 g/mol. The van der Waals surface area contributed by atoms with Gasteiger partial charge in [0.2, 0.25) is 0 Å². The first-order valence-corrected chi connectivity index (χ1v) is 6.56. The molecular formula is C8H14I2. The van der Waals surface area contributed by atoms with Crippen molar-refractivity contribution >= 4 is 45.2 Å². The van der Waals surface area contributed by atoms with E-state index in [1.807, 2.05) is 0 Å². The van der Waals surface area contributed by atoms with E-state index in [0.29, 0.717) is 0 Å². The molecule has 0 radical (unpaired) electrons. The number of halogens is 2. The summed E-state index contributed by atoms with van der Waals surface area (Å²) in [4.78, 5) is 0. The van der Waals surface area contributed by atoms with Crippen molar-refractivity contribution in [2.45, 2.75) is 46.4 Å². The van der Waals surface area contributed by atoms with Crippen LogP contribution in [-0.4, -0.2) is 7.85 Å². The van der Waals surface area contributed by atoms with E-state index in [1.165, 1.54) is 38.5 Å². The Labute approximate surface area is 90.8 Å². The van der Waals surface area contributed by atoms with Crippen LogP contribution < -0.4 is 0 Å². The second kappa shape index (κ2) is 5.17. The summed E-state index contributed by atoms with van der Waals surface area (Å²) in [7, 11) is 0. The summed E-state index contributed by atoms with van der Waals surface area (Å²) in [6, 6.07) is 0. The maximum absolute atomic E-state index is 2.60. The van der Waals surface area contributed by atoms with E-state index in [4.69, 9.17) is 0 Å². The topological polar surface area (TPSA) is 0 Å². The molecule has 0 aromatic heterocycles. The maximum atomic E-state index is 2.60.